The Morgan fingerprint density at radius 3 is 2.85 bits per heavy atom. The maximum absolute atomic E-state index is 11.9. The van der Waals surface area contributed by atoms with Crippen LogP contribution in [0, 0.1) is 0 Å². The molecule has 4 atom stereocenters. The minimum atomic E-state index is -1.03. The van der Waals surface area contributed by atoms with Gasteiger partial charge >= 0.3 is 0 Å². The van der Waals surface area contributed by atoms with Crippen LogP contribution in [0.3, 0.4) is 0 Å². The summed E-state index contributed by atoms with van der Waals surface area (Å²) in [4.78, 5) is 22.5. The van der Waals surface area contributed by atoms with E-state index in [9.17, 15) is 15.0 Å². The van der Waals surface area contributed by atoms with E-state index in [1.54, 1.807) is 4.57 Å². The first-order valence-corrected chi connectivity index (χ1v) is 8.19. The van der Waals surface area contributed by atoms with E-state index in [0.29, 0.717) is 5.65 Å². The predicted molar refractivity (Wildman–Crippen MR) is 90.2 cm³/mol. The largest absolute Gasteiger partial charge is 0.394 e. The zero-order chi connectivity index (χ0) is 18.1. The Kier molecular flexibility index (Phi) is 4.51. The van der Waals surface area contributed by atoms with Crippen LogP contribution in [0.4, 0.5) is 0 Å². The number of nitrogens with zero attached hydrogens (tertiary/aromatic N) is 3. The van der Waals surface area contributed by atoms with Crippen molar-refractivity contribution >= 4 is 11.2 Å². The monoisotopic (exact) mass is 358 g/mol. The molecule has 9 nitrogen and oxygen atoms in total. The van der Waals surface area contributed by atoms with Crippen molar-refractivity contribution < 1.29 is 19.7 Å². The third kappa shape index (κ3) is 2.90. The SMILES string of the molecule is O=c1[nH]cnc2c1ncn2[C@@H]1O[C@H](CO)[C@@H](O)[C@H]1OCc1ccccc1. The van der Waals surface area contributed by atoms with Gasteiger partial charge in [-0.25, -0.2) is 9.97 Å². The van der Waals surface area contributed by atoms with Crippen LogP contribution in [-0.2, 0) is 16.1 Å². The molecule has 3 heterocycles. The molecule has 0 bridgehead atoms. The lowest BCUT2D eigenvalue weighted by Crippen LogP contribution is -2.35. The Morgan fingerprint density at radius 1 is 1.27 bits per heavy atom. The molecule has 0 radical (unpaired) electrons. The molecule has 1 aliphatic heterocycles. The zero-order valence-electron chi connectivity index (χ0n) is 13.7. The number of H-pyrrole nitrogens is 1. The van der Waals surface area contributed by atoms with Gasteiger partial charge in [-0.1, -0.05) is 30.3 Å². The molecule has 0 saturated carbocycles. The number of hydrogen-bond donors (Lipinski definition) is 3. The Balaban J connectivity index is 1.65. The van der Waals surface area contributed by atoms with Gasteiger partial charge in [0, 0.05) is 0 Å². The Bertz CT molecular complexity index is 941. The normalized spacial score (nSPS) is 25.8. The van der Waals surface area contributed by atoms with E-state index in [4.69, 9.17) is 9.47 Å². The minimum Gasteiger partial charge on any atom is -0.394 e. The van der Waals surface area contributed by atoms with Gasteiger partial charge in [-0.05, 0) is 5.56 Å². The number of aliphatic hydroxyl groups is 2. The second-order valence-corrected chi connectivity index (χ2v) is 6.06. The summed E-state index contributed by atoms with van der Waals surface area (Å²) in [5.74, 6) is 0. The summed E-state index contributed by atoms with van der Waals surface area (Å²) in [6.45, 7) is -0.0925. The van der Waals surface area contributed by atoms with Gasteiger partial charge < -0.3 is 24.7 Å². The number of rotatable bonds is 5. The average Bonchev–Trinajstić information content (AvgIpc) is 3.23. The highest BCUT2D eigenvalue weighted by atomic mass is 16.6. The number of imidazole rings is 1. The molecule has 4 rings (SSSR count). The lowest BCUT2D eigenvalue weighted by molar-refractivity contribution is -0.0761. The van der Waals surface area contributed by atoms with Crippen LogP contribution in [-0.4, -0.2) is 54.7 Å². The third-order valence-electron chi connectivity index (χ3n) is 4.42. The number of aromatic nitrogens is 4. The predicted octanol–water partition coefficient (Wildman–Crippen LogP) is -0.0444. The second-order valence-electron chi connectivity index (χ2n) is 6.06. The number of ether oxygens (including phenoxy) is 2. The van der Waals surface area contributed by atoms with Crippen molar-refractivity contribution in [2.45, 2.75) is 31.1 Å². The molecule has 0 aliphatic carbocycles. The van der Waals surface area contributed by atoms with Gasteiger partial charge in [0.15, 0.2) is 17.4 Å². The summed E-state index contributed by atoms with van der Waals surface area (Å²) in [7, 11) is 0. The van der Waals surface area contributed by atoms with Crippen molar-refractivity contribution in [3.63, 3.8) is 0 Å². The first-order valence-electron chi connectivity index (χ1n) is 8.19. The lowest BCUT2D eigenvalue weighted by atomic mass is 10.1. The summed E-state index contributed by atoms with van der Waals surface area (Å²) < 4.78 is 13.2. The van der Waals surface area contributed by atoms with E-state index in [1.165, 1.54) is 12.7 Å². The molecule has 1 fully saturated rings. The van der Waals surface area contributed by atoms with E-state index in [1.807, 2.05) is 30.3 Å². The van der Waals surface area contributed by atoms with E-state index >= 15 is 0 Å². The molecule has 9 heteroatoms. The van der Waals surface area contributed by atoms with Crippen molar-refractivity contribution in [3.05, 3.63) is 58.9 Å². The van der Waals surface area contributed by atoms with E-state index < -0.39 is 24.5 Å². The quantitative estimate of drug-likeness (QED) is 0.585. The molecule has 2 aromatic heterocycles. The lowest BCUT2D eigenvalue weighted by Gasteiger charge is -2.22. The van der Waals surface area contributed by atoms with E-state index in [0.717, 1.165) is 5.56 Å². The van der Waals surface area contributed by atoms with Crippen LogP contribution in [0.5, 0.6) is 0 Å². The van der Waals surface area contributed by atoms with Gasteiger partial charge in [0.1, 0.15) is 18.3 Å². The number of aromatic amines is 1. The summed E-state index contributed by atoms with van der Waals surface area (Å²) in [5.41, 5.74) is 1.06. The maximum Gasteiger partial charge on any atom is 0.278 e. The number of benzene rings is 1. The first kappa shape index (κ1) is 16.9. The van der Waals surface area contributed by atoms with Gasteiger partial charge in [-0.15, -0.1) is 0 Å². The second kappa shape index (κ2) is 6.96. The smallest absolute Gasteiger partial charge is 0.278 e. The van der Waals surface area contributed by atoms with Gasteiger partial charge in [-0.2, -0.15) is 0 Å². The molecule has 26 heavy (non-hydrogen) atoms. The fraction of sp³-hybridized carbons (Fsp3) is 0.353. The maximum atomic E-state index is 11.9. The van der Waals surface area contributed by atoms with Crippen LogP contribution < -0.4 is 5.56 Å². The van der Waals surface area contributed by atoms with Crippen molar-refractivity contribution in [2.24, 2.45) is 0 Å². The number of fused-ring (bicyclic) bond motifs is 1. The van der Waals surface area contributed by atoms with Gasteiger partial charge in [0.25, 0.3) is 5.56 Å². The average molecular weight is 358 g/mol. The van der Waals surface area contributed by atoms with Gasteiger partial charge in [0.2, 0.25) is 0 Å². The van der Waals surface area contributed by atoms with Crippen LogP contribution in [0.1, 0.15) is 11.8 Å². The molecule has 1 saturated heterocycles. The fourth-order valence-corrected chi connectivity index (χ4v) is 3.09. The van der Waals surface area contributed by atoms with Crippen LogP contribution in [0.2, 0.25) is 0 Å². The van der Waals surface area contributed by atoms with Gasteiger partial charge in [-0.3, -0.25) is 9.36 Å². The Morgan fingerprint density at radius 2 is 2.08 bits per heavy atom. The number of hydrogen-bond acceptors (Lipinski definition) is 7. The molecule has 1 aliphatic rings. The van der Waals surface area contributed by atoms with Crippen molar-refractivity contribution in [3.8, 4) is 0 Å². The number of nitrogens with one attached hydrogen (secondary N) is 1. The number of aliphatic hydroxyl groups excluding tert-OH is 2. The highest BCUT2D eigenvalue weighted by Gasteiger charge is 2.45. The molecule has 136 valence electrons. The minimum absolute atomic E-state index is 0.167. The van der Waals surface area contributed by atoms with Crippen LogP contribution in [0.25, 0.3) is 11.2 Å². The van der Waals surface area contributed by atoms with E-state index in [-0.39, 0.29) is 24.3 Å². The fourth-order valence-electron chi connectivity index (χ4n) is 3.09. The molecule has 3 N–H and O–H groups in total. The molecular weight excluding hydrogens is 340 g/mol. The van der Waals surface area contributed by atoms with E-state index in [2.05, 4.69) is 15.0 Å². The van der Waals surface area contributed by atoms with Crippen LogP contribution in [0.15, 0.2) is 47.8 Å². The highest BCUT2D eigenvalue weighted by molar-refractivity contribution is 5.68. The summed E-state index contributed by atoms with van der Waals surface area (Å²) >= 11 is 0. The summed E-state index contributed by atoms with van der Waals surface area (Å²) in [6.07, 6.45) is -0.676. The summed E-state index contributed by atoms with van der Waals surface area (Å²) in [6, 6.07) is 9.52. The van der Waals surface area contributed by atoms with Crippen molar-refractivity contribution in [1.29, 1.82) is 0 Å². The highest BCUT2D eigenvalue weighted by Crippen LogP contribution is 2.33. The van der Waals surface area contributed by atoms with Gasteiger partial charge in [0.05, 0.1) is 25.9 Å². The molecule has 0 unspecified atom stereocenters. The first-order chi connectivity index (χ1) is 12.7. The summed E-state index contributed by atoms with van der Waals surface area (Å²) in [5, 5.41) is 20.0. The molecule has 1 aromatic carbocycles. The van der Waals surface area contributed by atoms with Crippen molar-refractivity contribution in [2.75, 3.05) is 6.61 Å². The standard InChI is InChI=1S/C17H18N4O5/c22-6-11-13(23)14(25-7-10-4-2-1-3-5-10)17(26-11)21-9-20-12-15(21)18-8-19-16(12)24/h1-5,8-9,11,13-14,17,22-23H,6-7H2,(H,18,19,24)/t11-,13-,14-,17-/m1/s1. The Labute approximate surface area is 147 Å². The Hall–Kier alpha value is -2.59. The zero-order valence-corrected chi connectivity index (χ0v) is 13.7. The molecule has 3 aromatic rings. The topological polar surface area (TPSA) is 122 Å². The van der Waals surface area contributed by atoms with Crippen molar-refractivity contribution in [1.82, 2.24) is 19.5 Å². The molecule has 0 amide bonds. The third-order valence-corrected chi connectivity index (χ3v) is 4.42. The molecule has 0 spiro atoms. The van der Waals surface area contributed by atoms with Crippen LogP contribution >= 0.6 is 0 Å². The molecular formula is C17H18N4O5.